The molecule has 0 spiro atoms. The highest BCUT2D eigenvalue weighted by molar-refractivity contribution is 9.10. The average Bonchev–Trinajstić information content (AvgIpc) is 2.23. The van der Waals surface area contributed by atoms with Gasteiger partial charge in [-0.3, -0.25) is 4.79 Å². The van der Waals surface area contributed by atoms with Gasteiger partial charge in [-0.2, -0.15) is 0 Å². The number of benzene rings is 1. The van der Waals surface area contributed by atoms with Crippen LogP contribution in [0.2, 0.25) is 5.02 Å². The Morgan fingerprint density at radius 3 is 2.94 bits per heavy atom. The third-order valence-electron chi connectivity index (χ3n) is 2.10. The van der Waals surface area contributed by atoms with E-state index in [-0.39, 0.29) is 5.91 Å². The monoisotopic (exact) mass is 301 g/mol. The highest BCUT2D eigenvalue weighted by Gasteiger charge is 2.07. The van der Waals surface area contributed by atoms with E-state index in [0.29, 0.717) is 23.6 Å². The Morgan fingerprint density at radius 1 is 1.62 bits per heavy atom. The second-order valence-electron chi connectivity index (χ2n) is 3.46. The van der Waals surface area contributed by atoms with Crippen molar-refractivity contribution >= 4 is 39.1 Å². The van der Waals surface area contributed by atoms with Crippen molar-refractivity contribution in [3.63, 3.8) is 0 Å². The fourth-order valence-electron chi connectivity index (χ4n) is 1.19. The first-order valence-corrected chi connectivity index (χ1v) is 6.08. The topological polar surface area (TPSA) is 29.1 Å². The van der Waals surface area contributed by atoms with Gasteiger partial charge in [-0.05, 0) is 47.0 Å². The number of halogens is 2. The van der Waals surface area contributed by atoms with Gasteiger partial charge in [0.2, 0.25) is 5.91 Å². The van der Waals surface area contributed by atoms with Gasteiger partial charge in [0.1, 0.15) is 0 Å². The largest absolute Gasteiger partial charge is 0.325 e. The molecule has 4 heteroatoms. The van der Waals surface area contributed by atoms with Crippen molar-refractivity contribution in [1.82, 2.24) is 0 Å². The summed E-state index contributed by atoms with van der Waals surface area (Å²) in [6.07, 6.45) is 2.82. The number of carbonyl (C=O) groups is 1. The van der Waals surface area contributed by atoms with Crippen molar-refractivity contribution < 1.29 is 4.79 Å². The minimum absolute atomic E-state index is 0.0412. The van der Waals surface area contributed by atoms with Gasteiger partial charge >= 0.3 is 0 Å². The Labute approximate surface area is 109 Å². The van der Waals surface area contributed by atoms with Crippen LogP contribution >= 0.6 is 27.5 Å². The molecule has 1 rings (SSSR count). The molecule has 2 nitrogen and oxygen atoms in total. The summed E-state index contributed by atoms with van der Waals surface area (Å²) < 4.78 is 0.835. The molecule has 0 saturated carbocycles. The highest BCUT2D eigenvalue weighted by atomic mass is 79.9. The maximum atomic E-state index is 11.5. The summed E-state index contributed by atoms with van der Waals surface area (Å²) in [7, 11) is 0. The number of nitrogens with one attached hydrogen (secondary N) is 1. The fraction of sp³-hybridized carbons (Fsp3) is 0.250. The Hall–Kier alpha value is -0.800. The molecule has 86 valence electrons. The molecule has 1 N–H and O–H groups in total. The molecule has 1 aromatic carbocycles. The van der Waals surface area contributed by atoms with Crippen molar-refractivity contribution in [2.24, 2.45) is 0 Å². The van der Waals surface area contributed by atoms with E-state index in [0.717, 1.165) is 10.0 Å². The third-order valence-corrected chi connectivity index (χ3v) is 3.16. The molecule has 0 aliphatic rings. The smallest absolute Gasteiger partial charge is 0.224 e. The lowest BCUT2D eigenvalue weighted by Gasteiger charge is -2.09. The van der Waals surface area contributed by atoms with Crippen LogP contribution < -0.4 is 5.32 Å². The van der Waals surface area contributed by atoms with Gasteiger partial charge in [-0.15, -0.1) is 6.58 Å². The normalized spacial score (nSPS) is 9.94. The summed E-state index contributed by atoms with van der Waals surface area (Å²) in [5.41, 5.74) is 1.67. The first kappa shape index (κ1) is 13.3. The summed E-state index contributed by atoms with van der Waals surface area (Å²) in [5, 5.41) is 3.44. The van der Waals surface area contributed by atoms with Crippen LogP contribution in [0.3, 0.4) is 0 Å². The number of amides is 1. The summed E-state index contributed by atoms with van der Waals surface area (Å²) in [4.78, 5) is 11.5. The van der Waals surface area contributed by atoms with Gasteiger partial charge in [-0.1, -0.05) is 17.7 Å². The first-order chi connectivity index (χ1) is 7.54. The van der Waals surface area contributed by atoms with E-state index in [2.05, 4.69) is 27.8 Å². The van der Waals surface area contributed by atoms with E-state index in [1.807, 2.05) is 13.0 Å². The Balaban J connectivity index is 2.77. The zero-order valence-electron chi connectivity index (χ0n) is 9.02. The van der Waals surface area contributed by atoms with Crippen LogP contribution in [0, 0.1) is 6.92 Å². The molecule has 0 heterocycles. The molecule has 0 aliphatic heterocycles. The van der Waals surface area contributed by atoms with Crippen molar-refractivity contribution in [2.75, 3.05) is 5.32 Å². The molecule has 0 aliphatic carbocycles. The van der Waals surface area contributed by atoms with E-state index in [9.17, 15) is 4.79 Å². The van der Waals surface area contributed by atoms with Gasteiger partial charge < -0.3 is 5.32 Å². The van der Waals surface area contributed by atoms with Crippen LogP contribution in [0.4, 0.5) is 5.69 Å². The van der Waals surface area contributed by atoms with Crippen LogP contribution in [0.1, 0.15) is 18.4 Å². The number of allylic oxidation sites excluding steroid dienone is 1. The van der Waals surface area contributed by atoms with Crippen LogP contribution in [-0.2, 0) is 4.79 Å². The molecule has 16 heavy (non-hydrogen) atoms. The van der Waals surface area contributed by atoms with E-state index in [4.69, 9.17) is 11.6 Å². The Morgan fingerprint density at radius 2 is 2.31 bits per heavy atom. The lowest BCUT2D eigenvalue weighted by atomic mass is 10.2. The van der Waals surface area contributed by atoms with Crippen molar-refractivity contribution in [3.8, 4) is 0 Å². The predicted molar refractivity (Wildman–Crippen MR) is 71.9 cm³/mol. The molecule has 1 aromatic rings. The molecule has 0 radical (unpaired) electrons. The number of rotatable bonds is 4. The zero-order valence-corrected chi connectivity index (χ0v) is 11.4. The molecule has 0 bridgehead atoms. The average molecular weight is 303 g/mol. The molecular formula is C12H13BrClNO. The van der Waals surface area contributed by atoms with Crippen LogP contribution in [0.5, 0.6) is 0 Å². The van der Waals surface area contributed by atoms with Crippen molar-refractivity contribution in [3.05, 3.63) is 39.8 Å². The highest BCUT2D eigenvalue weighted by Crippen LogP contribution is 2.29. The van der Waals surface area contributed by atoms with Crippen molar-refractivity contribution in [2.45, 2.75) is 19.8 Å². The summed E-state index contributed by atoms with van der Waals surface area (Å²) in [6, 6.07) is 3.62. The molecule has 0 unspecified atom stereocenters. The lowest BCUT2D eigenvalue weighted by Crippen LogP contribution is -2.11. The minimum Gasteiger partial charge on any atom is -0.325 e. The Bertz CT molecular complexity index is 418. The van der Waals surface area contributed by atoms with Gasteiger partial charge in [0.15, 0.2) is 0 Å². The first-order valence-electron chi connectivity index (χ1n) is 4.91. The van der Waals surface area contributed by atoms with E-state index < -0.39 is 0 Å². The molecule has 0 aromatic heterocycles. The van der Waals surface area contributed by atoms with Gasteiger partial charge in [-0.25, -0.2) is 0 Å². The standard InChI is InChI=1S/C12H13BrClNO/c1-3-4-5-12(16)15-11-7-10(14)8(2)6-9(11)13/h3,6-7H,1,4-5H2,2H3,(H,15,16). The number of aryl methyl sites for hydroxylation is 1. The van der Waals surface area contributed by atoms with E-state index in [1.165, 1.54) is 0 Å². The molecule has 0 atom stereocenters. The lowest BCUT2D eigenvalue weighted by molar-refractivity contribution is -0.116. The summed E-state index contributed by atoms with van der Waals surface area (Å²) in [6.45, 7) is 5.49. The van der Waals surface area contributed by atoms with Gasteiger partial charge in [0.05, 0.1) is 5.69 Å². The molecular weight excluding hydrogens is 289 g/mol. The minimum atomic E-state index is -0.0412. The number of hydrogen-bond donors (Lipinski definition) is 1. The number of carbonyl (C=O) groups excluding carboxylic acids is 1. The van der Waals surface area contributed by atoms with E-state index >= 15 is 0 Å². The maximum Gasteiger partial charge on any atom is 0.224 e. The number of anilines is 1. The number of hydrogen-bond acceptors (Lipinski definition) is 1. The maximum absolute atomic E-state index is 11.5. The SMILES string of the molecule is C=CCCC(=O)Nc1cc(Cl)c(C)cc1Br. The zero-order chi connectivity index (χ0) is 12.1. The fourth-order valence-corrected chi connectivity index (χ4v) is 1.91. The molecule has 0 fully saturated rings. The van der Waals surface area contributed by atoms with Gasteiger partial charge in [0.25, 0.3) is 0 Å². The quantitative estimate of drug-likeness (QED) is 0.825. The summed E-state index contributed by atoms with van der Waals surface area (Å²) in [5.74, 6) is -0.0412. The second kappa shape index (κ2) is 6.06. The third kappa shape index (κ3) is 3.65. The van der Waals surface area contributed by atoms with Crippen molar-refractivity contribution in [1.29, 1.82) is 0 Å². The Kier molecular flexibility index (Phi) is 5.03. The van der Waals surface area contributed by atoms with E-state index in [1.54, 1.807) is 12.1 Å². The molecule has 0 saturated heterocycles. The predicted octanol–water partition coefficient (Wildman–Crippen LogP) is 4.32. The molecule has 1 amide bonds. The second-order valence-corrected chi connectivity index (χ2v) is 4.72. The van der Waals surface area contributed by atoms with Crippen LogP contribution in [-0.4, -0.2) is 5.91 Å². The van der Waals surface area contributed by atoms with Crippen LogP contribution in [0.15, 0.2) is 29.3 Å². The van der Waals surface area contributed by atoms with Crippen LogP contribution in [0.25, 0.3) is 0 Å². The van der Waals surface area contributed by atoms with Gasteiger partial charge in [0, 0.05) is 15.9 Å². The summed E-state index contributed by atoms with van der Waals surface area (Å²) >= 11 is 9.37.